The fraction of sp³-hybridized carbons (Fsp3) is 0.143. The van der Waals surface area contributed by atoms with E-state index >= 15 is 0 Å². The van der Waals surface area contributed by atoms with Crippen LogP contribution < -0.4 is 0 Å². The standard InChI is InChI=1S/C14H15BrO/c1-3-4-5-6-12(2)16-11-13-7-9-14(15)10-8-13/h3-10H,2,11H2,1H3/b4-3-,6-5-. The number of hydrogen-bond donors (Lipinski definition) is 0. The summed E-state index contributed by atoms with van der Waals surface area (Å²) in [4.78, 5) is 0. The van der Waals surface area contributed by atoms with Crippen molar-refractivity contribution in [2.45, 2.75) is 13.5 Å². The van der Waals surface area contributed by atoms with Crippen LogP contribution in [0.15, 0.2) is 65.4 Å². The van der Waals surface area contributed by atoms with E-state index in [2.05, 4.69) is 22.5 Å². The summed E-state index contributed by atoms with van der Waals surface area (Å²) in [6.07, 6.45) is 7.65. The van der Waals surface area contributed by atoms with Crippen molar-refractivity contribution in [2.75, 3.05) is 0 Å². The molecule has 0 fully saturated rings. The van der Waals surface area contributed by atoms with Crippen LogP contribution in [0.2, 0.25) is 0 Å². The molecular formula is C14H15BrO. The van der Waals surface area contributed by atoms with Gasteiger partial charge in [-0.15, -0.1) is 0 Å². The van der Waals surface area contributed by atoms with E-state index in [0.29, 0.717) is 12.4 Å². The first-order chi connectivity index (χ1) is 7.72. The Morgan fingerprint density at radius 3 is 2.62 bits per heavy atom. The van der Waals surface area contributed by atoms with E-state index in [0.717, 1.165) is 10.0 Å². The third kappa shape index (κ3) is 4.99. The number of benzene rings is 1. The Balaban J connectivity index is 2.40. The van der Waals surface area contributed by atoms with Gasteiger partial charge in [-0.05, 0) is 30.7 Å². The largest absolute Gasteiger partial charge is 0.490 e. The van der Waals surface area contributed by atoms with Crippen molar-refractivity contribution >= 4 is 15.9 Å². The first-order valence-corrected chi connectivity index (χ1v) is 5.87. The fourth-order valence-electron chi connectivity index (χ4n) is 1.08. The van der Waals surface area contributed by atoms with Crippen LogP contribution in [0.5, 0.6) is 0 Å². The normalized spacial score (nSPS) is 11.1. The van der Waals surface area contributed by atoms with Gasteiger partial charge in [0.1, 0.15) is 12.4 Å². The fourth-order valence-corrected chi connectivity index (χ4v) is 1.34. The maximum absolute atomic E-state index is 5.48. The highest BCUT2D eigenvalue weighted by atomic mass is 79.9. The van der Waals surface area contributed by atoms with E-state index in [1.165, 1.54) is 0 Å². The summed E-state index contributed by atoms with van der Waals surface area (Å²) in [6.45, 7) is 6.32. The molecule has 1 nitrogen and oxygen atoms in total. The number of rotatable bonds is 5. The second-order valence-corrected chi connectivity index (χ2v) is 4.18. The van der Waals surface area contributed by atoms with Gasteiger partial charge in [0.15, 0.2) is 0 Å². The molecule has 0 heterocycles. The van der Waals surface area contributed by atoms with Crippen molar-refractivity contribution in [1.29, 1.82) is 0 Å². The Labute approximate surface area is 105 Å². The Morgan fingerprint density at radius 2 is 2.00 bits per heavy atom. The van der Waals surface area contributed by atoms with Gasteiger partial charge in [-0.25, -0.2) is 0 Å². The molecule has 0 aliphatic rings. The molecule has 16 heavy (non-hydrogen) atoms. The lowest BCUT2D eigenvalue weighted by atomic mass is 10.2. The summed E-state index contributed by atoms with van der Waals surface area (Å²) >= 11 is 3.39. The van der Waals surface area contributed by atoms with Gasteiger partial charge in [-0.3, -0.25) is 0 Å². The van der Waals surface area contributed by atoms with Crippen LogP contribution in [0.1, 0.15) is 12.5 Å². The molecule has 0 aromatic heterocycles. The Hall–Kier alpha value is -1.28. The Morgan fingerprint density at radius 1 is 1.31 bits per heavy atom. The number of halogens is 1. The molecule has 1 rings (SSSR count). The minimum atomic E-state index is 0.548. The van der Waals surface area contributed by atoms with E-state index in [-0.39, 0.29) is 0 Å². The molecule has 0 amide bonds. The van der Waals surface area contributed by atoms with Gasteiger partial charge in [0.25, 0.3) is 0 Å². The van der Waals surface area contributed by atoms with Gasteiger partial charge in [0.05, 0.1) is 0 Å². The summed E-state index contributed by atoms with van der Waals surface area (Å²) in [5.41, 5.74) is 1.13. The highest BCUT2D eigenvalue weighted by Crippen LogP contribution is 2.12. The molecular weight excluding hydrogens is 264 g/mol. The Kier molecular flexibility index (Phi) is 5.65. The van der Waals surface area contributed by atoms with Crippen molar-refractivity contribution in [2.24, 2.45) is 0 Å². The SMILES string of the molecule is C=C(/C=C\C=C/C)OCc1ccc(Br)cc1. The Bertz CT molecular complexity index is 388. The summed E-state index contributed by atoms with van der Waals surface area (Å²) < 4.78 is 6.56. The zero-order valence-corrected chi connectivity index (χ0v) is 10.9. The van der Waals surface area contributed by atoms with Crippen molar-refractivity contribution in [3.63, 3.8) is 0 Å². The van der Waals surface area contributed by atoms with Gasteiger partial charge in [0.2, 0.25) is 0 Å². The van der Waals surface area contributed by atoms with Gasteiger partial charge in [-0.1, -0.05) is 52.9 Å². The number of ether oxygens (including phenoxy) is 1. The summed E-state index contributed by atoms with van der Waals surface area (Å²) in [6, 6.07) is 8.04. The molecule has 0 unspecified atom stereocenters. The molecule has 0 bridgehead atoms. The third-order valence-electron chi connectivity index (χ3n) is 1.92. The first-order valence-electron chi connectivity index (χ1n) is 5.08. The maximum atomic E-state index is 5.48. The minimum Gasteiger partial charge on any atom is -0.490 e. The zero-order valence-electron chi connectivity index (χ0n) is 9.32. The van der Waals surface area contributed by atoms with Gasteiger partial charge >= 0.3 is 0 Å². The lowest BCUT2D eigenvalue weighted by molar-refractivity contribution is 0.212. The molecule has 0 N–H and O–H groups in total. The second kappa shape index (κ2) is 7.07. The van der Waals surface area contributed by atoms with E-state index in [1.54, 1.807) is 0 Å². The van der Waals surface area contributed by atoms with Crippen LogP contribution in [0.3, 0.4) is 0 Å². The van der Waals surface area contributed by atoms with Crippen molar-refractivity contribution in [3.05, 3.63) is 70.9 Å². The van der Waals surface area contributed by atoms with Gasteiger partial charge < -0.3 is 4.74 Å². The quantitative estimate of drug-likeness (QED) is 0.565. The predicted molar refractivity (Wildman–Crippen MR) is 72.0 cm³/mol. The molecule has 0 aliphatic carbocycles. The smallest absolute Gasteiger partial charge is 0.113 e. The van der Waals surface area contributed by atoms with E-state index in [9.17, 15) is 0 Å². The molecule has 0 aliphatic heterocycles. The van der Waals surface area contributed by atoms with Crippen LogP contribution in [-0.4, -0.2) is 0 Å². The molecule has 0 radical (unpaired) electrons. The first kappa shape index (κ1) is 12.8. The lowest BCUT2D eigenvalue weighted by Crippen LogP contribution is -1.90. The zero-order chi connectivity index (χ0) is 11.8. The highest BCUT2D eigenvalue weighted by Gasteiger charge is 1.94. The number of hydrogen-bond acceptors (Lipinski definition) is 1. The van der Waals surface area contributed by atoms with Crippen molar-refractivity contribution in [1.82, 2.24) is 0 Å². The molecule has 1 aromatic carbocycles. The molecule has 0 saturated carbocycles. The average molecular weight is 279 g/mol. The van der Waals surface area contributed by atoms with Crippen molar-refractivity contribution < 1.29 is 4.74 Å². The summed E-state index contributed by atoms with van der Waals surface area (Å²) in [5, 5.41) is 0. The molecule has 0 saturated heterocycles. The molecule has 84 valence electrons. The minimum absolute atomic E-state index is 0.548. The lowest BCUT2D eigenvalue weighted by Gasteiger charge is -2.05. The van der Waals surface area contributed by atoms with Crippen LogP contribution in [0.25, 0.3) is 0 Å². The van der Waals surface area contributed by atoms with Crippen LogP contribution in [0, 0.1) is 0 Å². The van der Waals surface area contributed by atoms with Gasteiger partial charge in [0, 0.05) is 4.47 Å². The van der Waals surface area contributed by atoms with E-state index in [1.807, 2.05) is 55.5 Å². The topological polar surface area (TPSA) is 9.23 Å². The monoisotopic (exact) mass is 278 g/mol. The van der Waals surface area contributed by atoms with Gasteiger partial charge in [-0.2, -0.15) is 0 Å². The number of allylic oxidation sites excluding steroid dienone is 4. The molecule has 0 spiro atoms. The highest BCUT2D eigenvalue weighted by molar-refractivity contribution is 9.10. The maximum Gasteiger partial charge on any atom is 0.113 e. The molecule has 0 atom stereocenters. The van der Waals surface area contributed by atoms with E-state index < -0.39 is 0 Å². The van der Waals surface area contributed by atoms with E-state index in [4.69, 9.17) is 4.74 Å². The van der Waals surface area contributed by atoms with Crippen LogP contribution >= 0.6 is 15.9 Å². The van der Waals surface area contributed by atoms with Crippen LogP contribution in [0.4, 0.5) is 0 Å². The van der Waals surface area contributed by atoms with Crippen LogP contribution in [-0.2, 0) is 11.3 Å². The summed E-state index contributed by atoms with van der Waals surface area (Å²) in [5.74, 6) is 0.668. The molecule has 2 heteroatoms. The molecule has 1 aromatic rings. The summed E-state index contributed by atoms with van der Waals surface area (Å²) in [7, 11) is 0. The third-order valence-corrected chi connectivity index (χ3v) is 2.45. The van der Waals surface area contributed by atoms with Crippen molar-refractivity contribution in [3.8, 4) is 0 Å². The average Bonchev–Trinajstić information content (AvgIpc) is 2.29. The second-order valence-electron chi connectivity index (χ2n) is 3.27. The predicted octanol–water partition coefficient (Wildman–Crippen LogP) is 4.61.